The van der Waals surface area contributed by atoms with Gasteiger partial charge in [-0.25, -0.2) is 0 Å². The molecule has 1 heterocycles. The number of Topliss-reactive ketones (excluding diaryl/α,β-unsaturated/α-hetero) is 1. The van der Waals surface area contributed by atoms with Crippen LogP contribution in [0.1, 0.15) is 17.3 Å². The molecule has 1 rings (SSSR count). The summed E-state index contributed by atoms with van der Waals surface area (Å²) in [5.41, 5.74) is 4.73. The lowest BCUT2D eigenvalue weighted by Crippen LogP contribution is -2.10. The van der Waals surface area contributed by atoms with E-state index in [-0.39, 0.29) is 17.0 Å². The van der Waals surface area contributed by atoms with Gasteiger partial charge in [0.15, 0.2) is 5.78 Å². The van der Waals surface area contributed by atoms with E-state index in [4.69, 9.17) is 10.8 Å². The van der Waals surface area contributed by atoms with E-state index >= 15 is 0 Å². The average molecular weight is 168 g/mol. The lowest BCUT2D eigenvalue weighted by Gasteiger charge is -2.02. The van der Waals surface area contributed by atoms with E-state index in [1.807, 2.05) is 0 Å². The summed E-state index contributed by atoms with van der Waals surface area (Å²) < 4.78 is 0. The van der Waals surface area contributed by atoms with Crippen LogP contribution >= 0.6 is 0 Å². The van der Waals surface area contributed by atoms with E-state index in [0.717, 1.165) is 6.07 Å². The van der Waals surface area contributed by atoms with Gasteiger partial charge in [0, 0.05) is 6.07 Å². The number of carbonyl (C=O) groups is 1. The lowest BCUT2D eigenvalue weighted by molar-refractivity contribution is 0.101. The number of aromatic hydroxyl groups is 1. The number of rotatable bonds is 1. The molecule has 64 valence electrons. The van der Waals surface area contributed by atoms with E-state index < -0.39 is 11.4 Å². The molecule has 0 aromatic carbocycles. The molecule has 0 saturated carbocycles. The van der Waals surface area contributed by atoms with Crippen molar-refractivity contribution in [2.24, 2.45) is 0 Å². The summed E-state index contributed by atoms with van der Waals surface area (Å²) in [5.74, 6) is -0.867. The predicted molar refractivity (Wildman–Crippen MR) is 43.1 cm³/mol. The van der Waals surface area contributed by atoms with Gasteiger partial charge in [-0.15, -0.1) is 0 Å². The Morgan fingerprint density at radius 3 is 2.67 bits per heavy atom. The largest absolute Gasteiger partial charge is 0.494 e. The van der Waals surface area contributed by atoms with Crippen molar-refractivity contribution in [3.63, 3.8) is 0 Å². The van der Waals surface area contributed by atoms with E-state index in [1.54, 1.807) is 0 Å². The maximum absolute atomic E-state index is 10.8. The minimum atomic E-state index is -0.532. The van der Waals surface area contributed by atoms with Crippen molar-refractivity contribution in [1.82, 2.24) is 4.98 Å². The molecular weight excluding hydrogens is 160 g/mol. The van der Waals surface area contributed by atoms with Gasteiger partial charge in [-0.05, 0) is 6.92 Å². The molecule has 5 nitrogen and oxygen atoms in total. The highest BCUT2D eigenvalue weighted by Crippen LogP contribution is 2.17. The number of anilines is 1. The normalized spacial score (nSPS) is 9.75. The first-order valence-corrected chi connectivity index (χ1v) is 3.25. The molecule has 0 spiro atoms. The maximum atomic E-state index is 10.8. The number of pyridine rings is 1. The van der Waals surface area contributed by atoms with Gasteiger partial charge in [0.1, 0.15) is 5.56 Å². The van der Waals surface area contributed by atoms with E-state index in [0.29, 0.717) is 0 Å². The zero-order valence-corrected chi connectivity index (χ0v) is 6.42. The van der Waals surface area contributed by atoms with Crippen LogP contribution in [0.25, 0.3) is 0 Å². The second-order valence-corrected chi connectivity index (χ2v) is 2.37. The van der Waals surface area contributed by atoms with Crippen molar-refractivity contribution in [3.05, 3.63) is 22.0 Å². The molecule has 1 aromatic heterocycles. The van der Waals surface area contributed by atoms with Gasteiger partial charge >= 0.3 is 0 Å². The fourth-order valence-corrected chi connectivity index (χ4v) is 0.935. The Bertz CT molecular complexity index is 354. The molecule has 0 aliphatic carbocycles. The second kappa shape index (κ2) is 2.69. The number of H-pyrrole nitrogens is 1. The molecule has 0 atom stereocenters. The van der Waals surface area contributed by atoms with Crippen molar-refractivity contribution in [2.75, 3.05) is 5.73 Å². The number of carbonyl (C=O) groups excluding carboxylic acids is 1. The molecule has 0 fully saturated rings. The van der Waals surface area contributed by atoms with Crippen molar-refractivity contribution in [3.8, 4) is 5.88 Å². The summed E-state index contributed by atoms with van der Waals surface area (Å²) >= 11 is 0. The molecule has 0 unspecified atom stereocenters. The molecule has 0 bridgehead atoms. The molecule has 0 amide bonds. The summed E-state index contributed by atoms with van der Waals surface area (Å²) in [6.07, 6.45) is 0. The third kappa shape index (κ3) is 1.29. The number of nitrogens with two attached hydrogens (primary N) is 1. The standard InChI is InChI=1S/C7H8N2O3/c1-3(10)6-4(8)2-5(11)9-7(6)12/h2H,1H3,(H4,8,9,11,12). The molecule has 0 aliphatic heterocycles. The van der Waals surface area contributed by atoms with Crippen molar-refractivity contribution < 1.29 is 9.90 Å². The Labute approximate surface area is 67.8 Å². The molecule has 1 aromatic rings. The Hall–Kier alpha value is -1.78. The first-order valence-electron chi connectivity index (χ1n) is 3.25. The first-order chi connectivity index (χ1) is 5.52. The van der Waals surface area contributed by atoms with Gasteiger partial charge in [-0.2, -0.15) is 0 Å². The molecule has 5 heteroatoms. The Balaban J connectivity index is 3.48. The van der Waals surface area contributed by atoms with Gasteiger partial charge in [-0.3, -0.25) is 14.6 Å². The Kier molecular flexibility index (Phi) is 1.86. The van der Waals surface area contributed by atoms with Gasteiger partial charge in [0.05, 0.1) is 5.69 Å². The zero-order chi connectivity index (χ0) is 9.30. The topological polar surface area (TPSA) is 96.2 Å². The number of hydrogen-bond donors (Lipinski definition) is 3. The molecule has 0 saturated heterocycles. The van der Waals surface area contributed by atoms with Crippen LogP contribution in [-0.4, -0.2) is 15.9 Å². The van der Waals surface area contributed by atoms with Crippen molar-refractivity contribution in [1.29, 1.82) is 0 Å². The van der Waals surface area contributed by atoms with E-state index in [1.165, 1.54) is 6.92 Å². The van der Waals surface area contributed by atoms with Crippen LogP contribution in [0.2, 0.25) is 0 Å². The average Bonchev–Trinajstić information content (AvgIpc) is 1.82. The van der Waals surface area contributed by atoms with Crippen LogP contribution < -0.4 is 11.3 Å². The number of aromatic amines is 1. The smallest absolute Gasteiger partial charge is 0.252 e. The fourth-order valence-electron chi connectivity index (χ4n) is 0.935. The quantitative estimate of drug-likeness (QED) is 0.508. The number of ketones is 1. The van der Waals surface area contributed by atoms with Crippen LogP contribution in [0.15, 0.2) is 10.9 Å². The van der Waals surface area contributed by atoms with Crippen LogP contribution in [0.4, 0.5) is 5.69 Å². The van der Waals surface area contributed by atoms with Gasteiger partial charge in [0.25, 0.3) is 5.56 Å². The highest BCUT2D eigenvalue weighted by molar-refractivity contribution is 6.00. The van der Waals surface area contributed by atoms with Crippen LogP contribution in [-0.2, 0) is 0 Å². The van der Waals surface area contributed by atoms with Gasteiger partial charge in [-0.1, -0.05) is 0 Å². The Morgan fingerprint density at radius 2 is 2.25 bits per heavy atom. The predicted octanol–water partition coefficient (Wildman–Crippen LogP) is -0.135. The molecule has 0 radical (unpaired) electrons. The molecule has 4 N–H and O–H groups in total. The SMILES string of the molecule is CC(=O)c1c(N)cc(=O)[nH]c1O. The van der Waals surface area contributed by atoms with Crippen molar-refractivity contribution >= 4 is 11.5 Å². The summed E-state index contributed by atoms with van der Waals surface area (Å²) in [7, 11) is 0. The summed E-state index contributed by atoms with van der Waals surface area (Å²) in [6.45, 7) is 1.25. The van der Waals surface area contributed by atoms with Crippen LogP contribution in [0, 0.1) is 0 Å². The van der Waals surface area contributed by atoms with Gasteiger partial charge < -0.3 is 10.8 Å². The molecular formula is C7H8N2O3. The number of aromatic nitrogens is 1. The van der Waals surface area contributed by atoms with E-state index in [2.05, 4.69) is 4.98 Å². The third-order valence-electron chi connectivity index (χ3n) is 1.41. The minimum absolute atomic E-state index is 0.0104. The van der Waals surface area contributed by atoms with E-state index in [9.17, 15) is 9.59 Å². The first kappa shape index (κ1) is 8.32. The molecule has 12 heavy (non-hydrogen) atoms. The summed E-state index contributed by atoms with van der Waals surface area (Å²) in [6, 6.07) is 1.05. The Morgan fingerprint density at radius 1 is 1.67 bits per heavy atom. The number of nitrogen functional groups attached to an aromatic ring is 1. The summed E-state index contributed by atoms with van der Waals surface area (Å²) in [5, 5.41) is 9.09. The highest BCUT2D eigenvalue weighted by atomic mass is 16.3. The van der Waals surface area contributed by atoms with Gasteiger partial charge in [0.2, 0.25) is 5.88 Å². The second-order valence-electron chi connectivity index (χ2n) is 2.37. The highest BCUT2D eigenvalue weighted by Gasteiger charge is 2.11. The summed E-state index contributed by atoms with van der Waals surface area (Å²) in [4.78, 5) is 23.6. The monoisotopic (exact) mass is 168 g/mol. The van der Waals surface area contributed by atoms with Crippen LogP contribution in [0.3, 0.4) is 0 Å². The fraction of sp³-hybridized carbons (Fsp3) is 0.143. The third-order valence-corrected chi connectivity index (χ3v) is 1.41. The number of hydrogen-bond acceptors (Lipinski definition) is 4. The minimum Gasteiger partial charge on any atom is -0.494 e. The zero-order valence-electron chi connectivity index (χ0n) is 6.42. The van der Waals surface area contributed by atoms with Crippen LogP contribution in [0.5, 0.6) is 5.88 Å². The number of nitrogens with one attached hydrogen (secondary N) is 1. The molecule has 0 aliphatic rings. The van der Waals surface area contributed by atoms with Crippen molar-refractivity contribution in [2.45, 2.75) is 6.92 Å². The maximum Gasteiger partial charge on any atom is 0.252 e. The lowest BCUT2D eigenvalue weighted by atomic mass is 10.1.